The number of aromatic amines is 1. The summed E-state index contributed by atoms with van der Waals surface area (Å²) in [7, 11) is 1.72. The number of aryl methyl sites for hydroxylation is 2. The van der Waals surface area contributed by atoms with Gasteiger partial charge >= 0.3 is 5.69 Å². The van der Waals surface area contributed by atoms with Crippen molar-refractivity contribution in [3.63, 3.8) is 0 Å². The van der Waals surface area contributed by atoms with Crippen LogP contribution in [0.5, 0.6) is 5.88 Å². The molecule has 12 heteroatoms. The molecular weight excluding hydrogens is 493 g/mol. The standard InChI is InChI=1S/C26H30FN7O4/c1-4-9-32-24-22(25(36)33(10-5-2)26(32)37)28-23(29-24)19-13-21(31(3)30-19)38-15-16-11-20(35)34(14-16)18-8-6-7-17(27)12-18/h6-8,12-13,16H,4-5,9-11,14-15H2,1-3H3,(H,28,29). The molecule has 1 N–H and O–H groups in total. The number of ether oxygens (including phenoxy) is 1. The topological polar surface area (TPSA) is 120 Å². The lowest BCUT2D eigenvalue weighted by atomic mass is 10.1. The fourth-order valence-corrected chi connectivity index (χ4v) is 4.82. The van der Waals surface area contributed by atoms with Crippen LogP contribution in [0.4, 0.5) is 10.1 Å². The molecule has 4 heterocycles. The minimum absolute atomic E-state index is 0.0733. The number of hydrogen-bond acceptors (Lipinski definition) is 6. The number of nitrogens with one attached hydrogen (secondary N) is 1. The Balaban J connectivity index is 1.37. The second-order valence-electron chi connectivity index (χ2n) is 9.53. The number of carbonyl (C=O) groups is 1. The molecule has 1 aliphatic rings. The van der Waals surface area contributed by atoms with Crippen molar-refractivity contribution in [1.82, 2.24) is 28.9 Å². The monoisotopic (exact) mass is 523 g/mol. The Kier molecular flexibility index (Phi) is 6.87. The lowest BCUT2D eigenvalue weighted by Crippen LogP contribution is -2.40. The van der Waals surface area contributed by atoms with Crippen molar-refractivity contribution in [2.24, 2.45) is 13.0 Å². The van der Waals surface area contributed by atoms with Crippen molar-refractivity contribution in [2.75, 3.05) is 18.1 Å². The van der Waals surface area contributed by atoms with Gasteiger partial charge in [-0.25, -0.2) is 18.9 Å². The van der Waals surface area contributed by atoms with Gasteiger partial charge in [0.05, 0.1) is 6.61 Å². The van der Waals surface area contributed by atoms with E-state index in [-0.39, 0.29) is 35.5 Å². The first-order valence-corrected chi connectivity index (χ1v) is 12.8. The minimum atomic E-state index is -0.404. The van der Waals surface area contributed by atoms with Gasteiger partial charge in [-0.2, -0.15) is 5.10 Å². The number of anilines is 1. The fraction of sp³-hybridized carbons (Fsp3) is 0.423. The molecular formula is C26H30FN7O4. The van der Waals surface area contributed by atoms with Crippen molar-refractivity contribution in [3.05, 3.63) is 57.0 Å². The number of H-pyrrole nitrogens is 1. The maximum Gasteiger partial charge on any atom is 0.332 e. The van der Waals surface area contributed by atoms with Crippen LogP contribution in [0.25, 0.3) is 22.7 Å². The molecule has 1 aliphatic heterocycles. The first-order valence-electron chi connectivity index (χ1n) is 12.8. The van der Waals surface area contributed by atoms with E-state index in [1.54, 1.807) is 34.8 Å². The quantitative estimate of drug-likeness (QED) is 0.360. The normalized spacial score (nSPS) is 15.6. The second-order valence-corrected chi connectivity index (χ2v) is 9.53. The number of carbonyl (C=O) groups excluding carboxylic acids is 1. The number of fused-ring (bicyclic) bond motifs is 1. The predicted octanol–water partition coefficient (Wildman–Crippen LogP) is 2.68. The number of nitrogens with zero attached hydrogens (tertiary/aromatic N) is 6. The maximum absolute atomic E-state index is 13.6. The third kappa shape index (κ3) is 4.61. The highest BCUT2D eigenvalue weighted by Crippen LogP contribution is 2.27. The number of benzene rings is 1. The van der Waals surface area contributed by atoms with Crippen LogP contribution in [0.15, 0.2) is 39.9 Å². The van der Waals surface area contributed by atoms with Crippen LogP contribution in [0.2, 0.25) is 0 Å². The Hall–Kier alpha value is -4.22. The molecule has 4 aromatic rings. The van der Waals surface area contributed by atoms with E-state index in [1.165, 1.54) is 21.3 Å². The molecule has 5 rings (SSSR count). The van der Waals surface area contributed by atoms with Crippen LogP contribution < -0.4 is 20.9 Å². The maximum atomic E-state index is 13.6. The first-order chi connectivity index (χ1) is 18.3. The molecule has 1 atom stereocenters. The number of imidazole rings is 1. The number of amides is 1. The van der Waals surface area contributed by atoms with E-state index < -0.39 is 5.56 Å². The molecule has 1 saturated heterocycles. The zero-order valence-corrected chi connectivity index (χ0v) is 21.6. The van der Waals surface area contributed by atoms with Gasteiger partial charge in [0.1, 0.15) is 17.0 Å². The summed E-state index contributed by atoms with van der Waals surface area (Å²) < 4.78 is 23.9. The smallest absolute Gasteiger partial charge is 0.332 e. The molecule has 0 aliphatic carbocycles. The van der Waals surface area contributed by atoms with E-state index in [9.17, 15) is 18.8 Å². The summed E-state index contributed by atoms with van der Waals surface area (Å²) in [5.74, 6) is 0.277. The molecule has 1 fully saturated rings. The molecule has 0 bridgehead atoms. The van der Waals surface area contributed by atoms with E-state index in [0.29, 0.717) is 67.6 Å². The molecule has 0 radical (unpaired) electrons. The summed E-state index contributed by atoms with van der Waals surface area (Å²) in [5.41, 5.74) is 0.784. The minimum Gasteiger partial charge on any atom is -0.477 e. The van der Waals surface area contributed by atoms with E-state index in [1.807, 2.05) is 13.8 Å². The van der Waals surface area contributed by atoms with Crippen LogP contribution in [-0.2, 0) is 24.9 Å². The van der Waals surface area contributed by atoms with E-state index in [4.69, 9.17) is 4.74 Å². The Morgan fingerprint density at radius 2 is 1.87 bits per heavy atom. The van der Waals surface area contributed by atoms with E-state index in [2.05, 4.69) is 15.1 Å². The number of rotatable bonds is 9. The second kappa shape index (κ2) is 10.3. The van der Waals surface area contributed by atoms with Crippen LogP contribution in [0.1, 0.15) is 33.1 Å². The van der Waals surface area contributed by atoms with Gasteiger partial charge in [0.2, 0.25) is 11.8 Å². The molecule has 1 aromatic carbocycles. The molecule has 3 aromatic heterocycles. The average molecular weight is 524 g/mol. The van der Waals surface area contributed by atoms with Gasteiger partial charge in [-0.05, 0) is 31.0 Å². The van der Waals surface area contributed by atoms with Crippen LogP contribution in [-0.4, -0.2) is 47.9 Å². The van der Waals surface area contributed by atoms with Gasteiger partial charge in [-0.1, -0.05) is 19.9 Å². The Labute approximate surface area is 217 Å². The molecule has 1 unspecified atom stereocenters. The number of aromatic nitrogens is 6. The highest BCUT2D eigenvalue weighted by molar-refractivity contribution is 5.95. The van der Waals surface area contributed by atoms with E-state index in [0.717, 1.165) is 0 Å². The van der Waals surface area contributed by atoms with Crippen LogP contribution in [0, 0.1) is 11.7 Å². The zero-order chi connectivity index (χ0) is 27.0. The Bertz CT molecular complexity index is 1620. The van der Waals surface area contributed by atoms with Crippen molar-refractivity contribution in [2.45, 2.75) is 46.2 Å². The summed E-state index contributed by atoms with van der Waals surface area (Å²) in [4.78, 5) is 47.6. The molecule has 200 valence electrons. The first kappa shape index (κ1) is 25.4. The highest BCUT2D eigenvalue weighted by atomic mass is 19.1. The predicted molar refractivity (Wildman–Crippen MR) is 140 cm³/mol. The van der Waals surface area contributed by atoms with Crippen molar-refractivity contribution in [3.8, 4) is 17.4 Å². The zero-order valence-electron chi connectivity index (χ0n) is 21.6. The summed E-state index contributed by atoms with van der Waals surface area (Å²) in [5, 5.41) is 4.48. The Morgan fingerprint density at radius 1 is 1.11 bits per heavy atom. The fourth-order valence-electron chi connectivity index (χ4n) is 4.82. The third-order valence-electron chi connectivity index (χ3n) is 6.63. The summed E-state index contributed by atoms with van der Waals surface area (Å²) >= 11 is 0. The van der Waals surface area contributed by atoms with Gasteiger partial charge < -0.3 is 14.6 Å². The van der Waals surface area contributed by atoms with Gasteiger partial charge in [-0.15, -0.1) is 0 Å². The van der Waals surface area contributed by atoms with Crippen LogP contribution in [0.3, 0.4) is 0 Å². The van der Waals surface area contributed by atoms with Crippen LogP contribution >= 0.6 is 0 Å². The largest absolute Gasteiger partial charge is 0.477 e. The van der Waals surface area contributed by atoms with E-state index >= 15 is 0 Å². The Morgan fingerprint density at radius 3 is 2.61 bits per heavy atom. The van der Waals surface area contributed by atoms with Gasteiger partial charge in [0.15, 0.2) is 11.5 Å². The number of hydrogen-bond donors (Lipinski definition) is 1. The van der Waals surface area contributed by atoms with Gasteiger partial charge in [-0.3, -0.25) is 18.7 Å². The van der Waals surface area contributed by atoms with Gasteiger partial charge in [0.25, 0.3) is 5.56 Å². The molecule has 1 amide bonds. The van der Waals surface area contributed by atoms with Gasteiger partial charge in [0, 0.05) is 50.8 Å². The average Bonchev–Trinajstić information content (AvgIpc) is 3.60. The molecule has 0 saturated carbocycles. The highest BCUT2D eigenvalue weighted by Gasteiger charge is 2.31. The number of halogens is 1. The lowest BCUT2D eigenvalue weighted by Gasteiger charge is -2.17. The summed E-state index contributed by atoms with van der Waals surface area (Å²) in [6.07, 6.45) is 1.66. The van der Waals surface area contributed by atoms with Crippen molar-refractivity contribution < 1.29 is 13.9 Å². The lowest BCUT2D eigenvalue weighted by molar-refractivity contribution is -0.117. The molecule has 0 spiro atoms. The third-order valence-corrected chi connectivity index (χ3v) is 6.63. The summed E-state index contributed by atoms with van der Waals surface area (Å²) in [6.45, 7) is 5.33. The SMILES string of the molecule is CCCn1c(=O)c2[nH]c(-c3cc(OCC4CC(=O)N(c5cccc(F)c5)C4)n(C)n3)nc2n(CCC)c1=O. The van der Waals surface area contributed by atoms with Crippen molar-refractivity contribution >= 4 is 22.8 Å². The summed E-state index contributed by atoms with van der Waals surface area (Å²) in [6, 6.07) is 7.68. The van der Waals surface area contributed by atoms with Crippen molar-refractivity contribution in [1.29, 1.82) is 0 Å². The molecule has 38 heavy (non-hydrogen) atoms. The molecule has 11 nitrogen and oxygen atoms in total.